The molecule has 1 nitrogen and oxygen atoms in total. The molecule has 2 aromatic rings. The molecule has 0 saturated heterocycles. The lowest BCUT2D eigenvalue weighted by Gasteiger charge is -2.09. The third kappa shape index (κ3) is 1.63. The second-order valence-electron chi connectivity index (χ2n) is 3.79. The van der Waals surface area contributed by atoms with Crippen molar-refractivity contribution in [2.24, 2.45) is 0 Å². The maximum absolute atomic E-state index is 4.14. The monoisotopic (exact) mass is 185 g/mol. The molecule has 1 atom stereocenters. The molecule has 0 aliphatic carbocycles. The molecule has 1 unspecified atom stereocenters. The van der Waals surface area contributed by atoms with E-state index < -0.39 is 0 Å². The number of benzene rings is 1. The first-order valence-corrected chi connectivity index (χ1v) is 5.15. The van der Waals surface area contributed by atoms with Gasteiger partial charge in [-0.05, 0) is 35.4 Å². The first-order valence-electron chi connectivity index (χ1n) is 5.15. The summed E-state index contributed by atoms with van der Waals surface area (Å²) in [6.07, 6.45) is 4.96. The zero-order chi connectivity index (χ0) is 9.97. The maximum Gasteiger partial charge on any atom is 0.0346 e. The molecule has 0 N–H and O–H groups in total. The second kappa shape index (κ2) is 3.79. The van der Waals surface area contributed by atoms with Crippen LogP contribution in [-0.2, 0) is 0 Å². The van der Waals surface area contributed by atoms with Crippen LogP contribution in [0.3, 0.4) is 0 Å². The summed E-state index contributed by atoms with van der Waals surface area (Å²) in [6.45, 7) is 4.48. The highest BCUT2D eigenvalue weighted by atomic mass is 14.6. The molecule has 0 saturated carbocycles. The molecule has 0 spiro atoms. The van der Waals surface area contributed by atoms with Crippen molar-refractivity contribution in [2.45, 2.75) is 26.2 Å². The standard InChI is InChI=1S/C13H15N/c1-3-10(2)12-5-4-11-6-7-14-9-13(11)8-12/h4-10H,3H2,1-2H3. The van der Waals surface area contributed by atoms with Gasteiger partial charge in [-0.25, -0.2) is 0 Å². The number of pyridine rings is 1. The minimum absolute atomic E-state index is 0.639. The van der Waals surface area contributed by atoms with Crippen molar-refractivity contribution in [2.75, 3.05) is 0 Å². The van der Waals surface area contributed by atoms with E-state index in [1.54, 1.807) is 0 Å². The number of hydrogen-bond donors (Lipinski definition) is 0. The minimum atomic E-state index is 0.639. The second-order valence-corrected chi connectivity index (χ2v) is 3.79. The third-order valence-electron chi connectivity index (χ3n) is 2.85. The van der Waals surface area contributed by atoms with Crippen molar-refractivity contribution in [1.29, 1.82) is 0 Å². The van der Waals surface area contributed by atoms with Gasteiger partial charge in [-0.2, -0.15) is 0 Å². The highest BCUT2D eigenvalue weighted by Crippen LogP contribution is 2.22. The van der Waals surface area contributed by atoms with Gasteiger partial charge in [-0.15, -0.1) is 0 Å². The van der Waals surface area contributed by atoms with Crippen molar-refractivity contribution < 1.29 is 0 Å². The van der Waals surface area contributed by atoms with Crippen LogP contribution in [0, 0.1) is 0 Å². The summed E-state index contributed by atoms with van der Waals surface area (Å²) < 4.78 is 0. The summed E-state index contributed by atoms with van der Waals surface area (Å²) in [4.78, 5) is 4.14. The highest BCUT2D eigenvalue weighted by Gasteiger charge is 2.02. The van der Waals surface area contributed by atoms with Crippen molar-refractivity contribution in [1.82, 2.24) is 4.98 Å². The molecule has 72 valence electrons. The van der Waals surface area contributed by atoms with Gasteiger partial charge in [0, 0.05) is 17.8 Å². The SMILES string of the molecule is CCC(C)c1ccc2ccncc2c1. The number of aromatic nitrogens is 1. The van der Waals surface area contributed by atoms with E-state index >= 15 is 0 Å². The van der Waals surface area contributed by atoms with Crippen LogP contribution in [0.1, 0.15) is 31.7 Å². The molecule has 14 heavy (non-hydrogen) atoms. The minimum Gasteiger partial charge on any atom is -0.264 e. The highest BCUT2D eigenvalue weighted by molar-refractivity contribution is 5.82. The molecule has 1 aromatic heterocycles. The average Bonchev–Trinajstić information content (AvgIpc) is 2.27. The van der Waals surface area contributed by atoms with Crippen LogP contribution in [0.15, 0.2) is 36.7 Å². The van der Waals surface area contributed by atoms with Gasteiger partial charge in [0.05, 0.1) is 0 Å². The third-order valence-corrected chi connectivity index (χ3v) is 2.85. The number of hydrogen-bond acceptors (Lipinski definition) is 1. The first kappa shape index (κ1) is 9.20. The molecule has 0 bridgehead atoms. The fourth-order valence-corrected chi connectivity index (χ4v) is 1.65. The van der Waals surface area contributed by atoms with Crippen molar-refractivity contribution in [3.8, 4) is 0 Å². The van der Waals surface area contributed by atoms with Crippen LogP contribution in [0.25, 0.3) is 10.8 Å². The van der Waals surface area contributed by atoms with Gasteiger partial charge in [0.1, 0.15) is 0 Å². The van der Waals surface area contributed by atoms with E-state index in [-0.39, 0.29) is 0 Å². The Morgan fingerprint density at radius 2 is 2.07 bits per heavy atom. The Labute approximate surface area is 84.8 Å². The largest absolute Gasteiger partial charge is 0.264 e. The molecule has 1 heterocycles. The van der Waals surface area contributed by atoms with Gasteiger partial charge >= 0.3 is 0 Å². The summed E-state index contributed by atoms with van der Waals surface area (Å²) in [5.41, 5.74) is 1.41. The van der Waals surface area contributed by atoms with Crippen molar-refractivity contribution in [3.63, 3.8) is 0 Å². The molecular formula is C13H15N. The summed E-state index contributed by atoms with van der Waals surface area (Å²) in [5.74, 6) is 0.639. The topological polar surface area (TPSA) is 12.9 Å². The normalized spacial score (nSPS) is 13.0. The fraction of sp³-hybridized carbons (Fsp3) is 0.308. The molecule has 1 heteroatoms. The van der Waals surface area contributed by atoms with E-state index in [2.05, 4.69) is 43.1 Å². The molecule has 0 radical (unpaired) electrons. The average molecular weight is 185 g/mol. The Bertz CT molecular complexity index is 434. The maximum atomic E-state index is 4.14. The quantitative estimate of drug-likeness (QED) is 0.694. The molecule has 0 aliphatic rings. The van der Waals surface area contributed by atoms with Gasteiger partial charge < -0.3 is 0 Å². The summed E-state index contributed by atoms with van der Waals surface area (Å²) in [6, 6.07) is 8.70. The lowest BCUT2D eigenvalue weighted by atomic mass is 9.97. The van der Waals surface area contributed by atoms with E-state index in [4.69, 9.17) is 0 Å². The van der Waals surface area contributed by atoms with Crippen LogP contribution in [0.5, 0.6) is 0 Å². The van der Waals surface area contributed by atoms with E-state index in [0.717, 1.165) is 0 Å². The molecule has 2 rings (SSSR count). The van der Waals surface area contributed by atoms with Gasteiger partial charge in [-0.1, -0.05) is 26.0 Å². The number of fused-ring (bicyclic) bond motifs is 1. The lowest BCUT2D eigenvalue weighted by molar-refractivity contribution is 0.735. The number of nitrogens with zero attached hydrogens (tertiary/aromatic N) is 1. The first-order chi connectivity index (χ1) is 6.81. The van der Waals surface area contributed by atoms with Crippen LogP contribution < -0.4 is 0 Å². The Morgan fingerprint density at radius 1 is 1.21 bits per heavy atom. The van der Waals surface area contributed by atoms with Gasteiger partial charge in [0.2, 0.25) is 0 Å². The predicted molar refractivity (Wildman–Crippen MR) is 60.4 cm³/mol. The smallest absolute Gasteiger partial charge is 0.0346 e. The van der Waals surface area contributed by atoms with E-state index in [0.29, 0.717) is 5.92 Å². The Hall–Kier alpha value is -1.37. The Balaban J connectivity index is 2.51. The molecule has 0 amide bonds. The van der Waals surface area contributed by atoms with E-state index in [1.165, 1.54) is 22.8 Å². The van der Waals surface area contributed by atoms with Crippen molar-refractivity contribution >= 4 is 10.8 Å². The zero-order valence-electron chi connectivity index (χ0n) is 8.70. The van der Waals surface area contributed by atoms with Crippen LogP contribution in [0.2, 0.25) is 0 Å². The van der Waals surface area contributed by atoms with Gasteiger partial charge in [0.25, 0.3) is 0 Å². The molecule has 0 aliphatic heterocycles. The molecular weight excluding hydrogens is 170 g/mol. The molecule has 1 aromatic carbocycles. The van der Waals surface area contributed by atoms with Crippen LogP contribution in [0.4, 0.5) is 0 Å². The summed E-state index contributed by atoms with van der Waals surface area (Å²) >= 11 is 0. The van der Waals surface area contributed by atoms with Crippen LogP contribution >= 0.6 is 0 Å². The van der Waals surface area contributed by atoms with E-state index in [9.17, 15) is 0 Å². The van der Waals surface area contributed by atoms with Crippen LogP contribution in [-0.4, -0.2) is 4.98 Å². The lowest BCUT2D eigenvalue weighted by Crippen LogP contribution is -1.90. The number of rotatable bonds is 2. The molecule has 0 fully saturated rings. The van der Waals surface area contributed by atoms with E-state index in [1.807, 2.05) is 12.4 Å². The fourth-order valence-electron chi connectivity index (χ4n) is 1.65. The van der Waals surface area contributed by atoms with Gasteiger partial charge in [0.15, 0.2) is 0 Å². The predicted octanol–water partition coefficient (Wildman–Crippen LogP) is 3.75. The van der Waals surface area contributed by atoms with Gasteiger partial charge in [-0.3, -0.25) is 4.98 Å². The van der Waals surface area contributed by atoms with Crippen molar-refractivity contribution in [3.05, 3.63) is 42.2 Å². The zero-order valence-corrected chi connectivity index (χ0v) is 8.70. The summed E-state index contributed by atoms with van der Waals surface area (Å²) in [7, 11) is 0. The Morgan fingerprint density at radius 3 is 2.86 bits per heavy atom. The summed E-state index contributed by atoms with van der Waals surface area (Å²) in [5, 5.41) is 2.51. The Kier molecular flexibility index (Phi) is 2.49.